The molecule has 0 aromatic carbocycles. The summed E-state index contributed by atoms with van der Waals surface area (Å²) in [5, 5.41) is 0. The number of anilines is 1. The molecule has 0 amide bonds. The number of morpholine rings is 1. The largest absolute Gasteiger partial charge is 0.378 e. The Hall–Kier alpha value is -1.22. The van der Waals surface area contributed by atoms with Crippen LogP contribution >= 0.6 is 0 Å². The van der Waals surface area contributed by atoms with Crippen LogP contribution in [0.1, 0.15) is 25.3 Å². The van der Waals surface area contributed by atoms with Crippen molar-refractivity contribution < 1.29 is 13.2 Å². The third-order valence-electron chi connectivity index (χ3n) is 3.84. The van der Waals surface area contributed by atoms with E-state index < -0.39 is 10.2 Å². The Labute approximate surface area is 138 Å². The summed E-state index contributed by atoms with van der Waals surface area (Å²) in [6, 6.07) is 3.76. The molecule has 0 aliphatic carbocycles. The second-order valence-electron chi connectivity index (χ2n) is 5.62. The van der Waals surface area contributed by atoms with E-state index in [0.717, 1.165) is 37.3 Å². The number of nitrogens with zero attached hydrogens (tertiary/aromatic N) is 3. The lowest BCUT2D eigenvalue weighted by Gasteiger charge is -2.28. The second kappa shape index (κ2) is 8.58. The normalized spacial score (nSPS) is 16.0. The fourth-order valence-electron chi connectivity index (χ4n) is 2.32. The molecule has 1 aromatic heterocycles. The third kappa shape index (κ3) is 5.42. The highest BCUT2D eigenvalue weighted by Crippen LogP contribution is 2.14. The van der Waals surface area contributed by atoms with Gasteiger partial charge in [-0.15, -0.1) is 0 Å². The van der Waals surface area contributed by atoms with E-state index >= 15 is 0 Å². The molecule has 130 valence electrons. The molecule has 1 saturated heterocycles. The zero-order chi connectivity index (χ0) is 16.7. The monoisotopic (exact) mass is 342 g/mol. The van der Waals surface area contributed by atoms with Crippen molar-refractivity contribution in [2.24, 2.45) is 0 Å². The molecule has 0 atom stereocenters. The Kier molecular flexibility index (Phi) is 6.76. The predicted octanol–water partition coefficient (Wildman–Crippen LogP) is 0.984. The van der Waals surface area contributed by atoms with Crippen LogP contribution in [0.25, 0.3) is 0 Å². The fraction of sp³-hybridized carbons (Fsp3) is 0.667. The van der Waals surface area contributed by atoms with E-state index in [-0.39, 0.29) is 6.54 Å². The number of rotatable bonds is 8. The summed E-state index contributed by atoms with van der Waals surface area (Å²) >= 11 is 0. The summed E-state index contributed by atoms with van der Waals surface area (Å²) in [4.78, 5) is 6.51. The minimum atomic E-state index is -3.44. The molecule has 0 unspecified atom stereocenters. The maximum absolute atomic E-state index is 12.2. The minimum Gasteiger partial charge on any atom is -0.378 e. The number of nitrogens with one attached hydrogen (secondary N) is 1. The van der Waals surface area contributed by atoms with Gasteiger partial charge < -0.3 is 9.64 Å². The summed E-state index contributed by atoms with van der Waals surface area (Å²) < 4.78 is 33.7. The first-order chi connectivity index (χ1) is 11.0. The lowest BCUT2D eigenvalue weighted by atomic mass is 10.2. The maximum atomic E-state index is 12.2. The molecule has 0 spiro atoms. The molecule has 0 saturated carbocycles. The molecule has 8 heteroatoms. The average molecular weight is 342 g/mol. The van der Waals surface area contributed by atoms with Crippen LogP contribution in [0.15, 0.2) is 18.3 Å². The molecule has 2 rings (SSSR count). The minimum absolute atomic E-state index is 0.263. The van der Waals surface area contributed by atoms with Gasteiger partial charge in [0.25, 0.3) is 10.2 Å². The van der Waals surface area contributed by atoms with Gasteiger partial charge in [0.1, 0.15) is 5.82 Å². The van der Waals surface area contributed by atoms with Gasteiger partial charge >= 0.3 is 0 Å². The van der Waals surface area contributed by atoms with Crippen molar-refractivity contribution in [1.29, 1.82) is 0 Å². The SMILES string of the molecule is CCCCN(C)S(=O)(=O)NCc1ccnc(N2CCOCC2)c1. The average Bonchev–Trinajstić information content (AvgIpc) is 2.59. The standard InChI is InChI=1S/C15H26N4O3S/c1-3-4-7-18(2)23(20,21)17-13-14-5-6-16-15(12-14)19-8-10-22-11-9-19/h5-6,12,17H,3-4,7-11,13H2,1-2H3. The van der Waals surface area contributed by atoms with E-state index in [9.17, 15) is 8.42 Å². The molecule has 1 aliphatic heterocycles. The van der Waals surface area contributed by atoms with Gasteiger partial charge in [-0.25, -0.2) is 4.98 Å². The molecule has 0 radical (unpaired) electrons. The van der Waals surface area contributed by atoms with Gasteiger partial charge in [0, 0.05) is 39.4 Å². The number of pyridine rings is 1. The first kappa shape index (κ1) is 18.1. The first-order valence-corrected chi connectivity index (χ1v) is 9.45. The number of aromatic nitrogens is 1. The Morgan fingerprint density at radius 3 is 2.83 bits per heavy atom. The predicted molar refractivity (Wildman–Crippen MR) is 90.6 cm³/mol. The van der Waals surface area contributed by atoms with E-state index in [0.29, 0.717) is 19.8 Å². The summed E-state index contributed by atoms with van der Waals surface area (Å²) in [7, 11) is -1.84. The van der Waals surface area contributed by atoms with Gasteiger partial charge in [-0.05, 0) is 24.1 Å². The van der Waals surface area contributed by atoms with Crippen LogP contribution in [0.4, 0.5) is 5.82 Å². The van der Waals surface area contributed by atoms with Crippen LogP contribution in [0.2, 0.25) is 0 Å². The summed E-state index contributed by atoms with van der Waals surface area (Å²) in [6.07, 6.45) is 3.54. The zero-order valence-electron chi connectivity index (χ0n) is 13.9. The van der Waals surface area contributed by atoms with Gasteiger partial charge in [-0.3, -0.25) is 0 Å². The molecule has 0 bridgehead atoms. The van der Waals surface area contributed by atoms with Crippen molar-refractivity contribution in [3.8, 4) is 0 Å². The topological polar surface area (TPSA) is 74.8 Å². The molecule has 2 heterocycles. The quantitative estimate of drug-likeness (QED) is 0.762. The molecule has 23 heavy (non-hydrogen) atoms. The highest BCUT2D eigenvalue weighted by atomic mass is 32.2. The Morgan fingerprint density at radius 2 is 2.13 bits per heavy atom. The maximum Gasteiger partial charge on any atom is 0.279 e. The molecule has 7 nitrogen and oxygen atoms in total. The van der Waals surface area contributed by atoms with Crippen molar-refractivity contribution in [2.75, 3.05) is 44.8 Å². The van der Waals surface area contributed by atoms with E-state index in [1.165, 1.54) is 4.31 Å². The Morgan fingerprint density at radius 1 is 1.39 bits per heavy atom. The van der Waals surface area contributed by atoms with E-state index in [2.05, 4.69) is 14.6 Å². The van der Waals surface area contributed by atoms with Crippen LogP contribution in [0, 0.1) is 0 Å². The van der Waals surface area contributed by atoms with E-state index in [4.69, 9.17) is 4.74 Å². The van der Waals surface area contributed by atoms with E-state index in [1.807, 2.05) is 19.1 Å². The third-order valence-corrected chi connectivity index (χ3v) is 5.35. The fourth-order valence-corrected chi connectivity index (χ4v) is 3.26. The Bertz CT molecular complexity index is 588. The molecule has 1 aliphatic rings. The number of hydrogen-bond donors (Lipinski definition) is 1. The first-order valence-electron chi connectivity index (χ1n) is 8.01. The summed E-state index contributed by atoms with van der Waals surface area (Å²) in [6.45, 7) is 5.84. The highest BCUT2D eigenvalue weighted by molar-refractivity contribution is 7.87. The van der Waals surface area contributed by atoms with Crippen LogP contribution in [-0.4, -0.2) is 57.6 Å². The lowest BCUT2D eigenvalue weighted by molar-refractivity contribution is 0.122. The summed E-state index contributed by atoms with van der Waals surface area (Å²) in [5.41, 5.74) is 0.897. The van der Waals surface area contributed by atoms with Crippen LogP contribution in [-0.2, 0) is 21.5 Å². The zero-order valence-corrected chi connectivity index (χ0v) is 14.7. The molecule has 1 N–H and O–H groups in total. The summed E-state index contributed by atoms with van der Waals surface area (Å²) in [5.74, 6) is 0.865. The van der Waals surface area contributed by atoms with Gasteiger partial charge in [0.2, 0.25) is 0 Å². The van der Waals surface area contributed by atoms with Gasteiger partial charge in [-0.2, -0.15) is 17.4 Å². The number of hydrogen-bond acceptors (Lipinski definition) is 5. The van der Waals surface area contributed by atoms with Crippen molar-refractivity contribution in [3.63, 3.8) is 0 Å². The molecule has 1 aromatic rings. The van der Waals surface area contributed by atoms with E-state index in [1.54, 1.807) is 13.2 Å². The van der Waals surface area contributed by atoms with Gasteiger partial charge in [0.05, 0.1) is 13.2 Å². The highest BCUT2D eigenvalue weighted by Gasteiger charge is 2.17. The number of unbranched alkanes of at least 4 members (excludes halogenated alkanes) is 1. The van der Waals surface area contributed by atoms with Crippen LogP contribution in [0.3, 0.4) is 0 Å². The molecule has 1 fully saturated rings. The number of ether oxygens (including phenoxy) is 1. The smallest absolute Gasteiger partial charge is 0.279 e. The lowest BCUT2D eigenvalue weighted by Crippen LogP contribution is -2.38. The van der Waals surface area contributed by atoms with Crippen molar-refractivity contribution in [1.82, 2.24) is 14.0 Å². The molecular formula is C15H26N4O3S. The van der Waals surface area contributed by atoms with Crippen molar-refractivity contribution >= 4 is 16.0 Å². The van der Waals surface area contributed by atoms with Gasteiger partial charge in [0.15, 0.2) is 0 Å². The van der Waals surface area contributed by atoms with Gasteiger partial charge in [-0.1, -0.05) is 13.3 Å². The van der Waals surface area contributed by atoms with Crippen LogP contribution < -0.4 is 9.62 Å². The Balaban J connectivity index is 1.95. The van der Waals surface area contributed by atoms with Crippen LogP contribution in [0.5, 0.6) is 0 Å². The van der Waals surface area contributed by atoms with Crippen molar-refractivity contribution in [3.05, 3.63) is 23.9 Å². The second-order valence-corrected chi connectivity index (χ2v) is 7.49. The van der Waals surface area contributed by atoms with Crippen molar-refractivity contribution in [2.45, 2.75) is 26.3 Å². The molecular weight excluding hydrogens is 316 g/mol.